The molecule has 18 heavy (non-hydrogen) atoms. The highest BCUT2D eigenvalue weighted by Gasteiger charge is 2.18. The number of amides is 1. The molecule has 0 atom stereocenters. The predicted molar refractivity (Wildman–Crippen MR) is 66.4 cm³/mol. The molecule has 1 aliphatic rings. The zero-order chi connectivity index (χ0) is 12.5. The van der Waals surface area contributed by atoms with Gasteiger partial charge in [-0.2, -0.15) is 0 Å². The monoisotopic (exact) mass is 246 g/mol. The van der Waals surface area contributed by atoms with Gasteiger partial charge in [0.25, 0.3) is 0 Å². The second-order valence-electron chi connectivity index (χ2n) is 4.61. The molecule has 5 nitrogen and oxygen atoms in total. The van der Waals surface area contributed by atoms with Crippen LogP contribution in [0.15, 0.2) is 27.4 Å². The van der Waals surface area contributed by atoms with Gasteiger partial charge in [-0.15, -0.1) is 0 Å². The second kappa shape index (κ2) is 4.33. The lowest BCUT2D eigenvalue weighted by Gasteiger charge is -2.14. The highest BCUT2D eigenvalue weighted by Crippen LogP contribution is 2.15. The Bertz CT molecular complexity index is 635. The van der Waals surface area contributed by atoms with Gasteiger partial charge in [0.1, 0.15) is 0 Å². The molecule has 1 N–H and O–H groups in total. The highest BCUT2D eigenvalue weighted by atomic mass is 16.4. The Morgan fingerprint density at radius 1 is 1.33 bits per heavy atom. The lowest BCUT2D eigenvalue weighted by Crippen LogP contribution is -2.29. The summed E-state index contributed by atoms with van der Waals surface area (Å²) in [6, 6.07) is 5.35. The van der Waals surface area contributed by atoms with E-state index in [0.717, 1.165) is 31.5 Å². The van der Waals surface area contributed by atoms with Gasteiger partial charge in [-0.3, -0.25) is 9.78 Å². The van der Waals surface area contributed by atoms with Crippen LogP contribution in [0.4, 0.5) is 0 Å². The van der Waals surface area contributed by atoms with Crippen LogP contribution in [0.1, 0.15) is 18.4 Å². The Kier molecular flexibility index (Phi) is 2.66. The van der Waals surface area contributed by atoms with E-state index in [1.54, 1.807) is 12.1 Å². The Morgan fingerprint density at radius 2 is 2.11 bits per heavy atom. The molecule has 0 spiro atoms. The number of hydrogen-bond acceptors (Lipinski definition) is 3. The molecule has 1 aliphatic heterocycles. The smallest absolute Gasteiger partial charge is 0.408 e. The van der Waals surface area contributed by atoms with E-state index in [2.05, 4.69) is 4.98 Å². The van der Waals surface area contributed by atoms with Crippen molar-refractivity contribution in [2.45, 2.75) is 19.3 Å². The number of aromatic amines is 1. The molecule has 1 aromatic heterocycles. The van der Waals surface area contributed by atoms with Crippen molar-refractivity contribution in [2.75, 3.05) is 13.1 Å². The maximum Gasteiger partial charge on any atom is 0.417 e. The molecule has 1 amide bonds. The van der Waals surface area contributed by atoms with Crippen LogP contribution in [0, 0.1) is 0 Å². The first kappa shape index (κ1) is 11.1. The summed E-state index contributed by atoms with van der Waals surface area (Å²) in [7, 11) is 0. The van der Waals surface area contributed by atoms with Gasteiger partial charge >= 0.3 is 5.76 Å². The van der Waals surface area contributed by atoms with Crippen LogP contribution in [0.2, 0.25) is 0 Å². The fraction of sp³-hybridized carbons (Fsp3) is 0.385. The van der Waals surface area contributed by atoms with Crippen molar-refractivity contribution < 1.29 is 9.21 Å². The van der Waals surface area contributed by atoms with Crippen LogP contribution >= 0.6 is 0 Å². The summed E-state index contributed by atoms with van der Waals surface area (Å²) in [4.78, 5) is 27.5. The molecular formula is C13H14N2O3. The van der Waals surface area contributed by atoms with E-state index in [9.17, 15) is 9.59 Å². The zero-order valence-corrected chi connectivity index (χ0v) is 9.94. The maximum absolute atomic E-state index is 12.0. The van der Waals surface area contributed by atoms with Gasteiger partial charge in [-0.05, 0) is 30.5 Å². The summed E-state index contributed by atoms with van der Waals surface area (Å²) in [5.74, 6) is -0.314. The van der Waals surface area contributed by atoms with Gasteiger partial charge in [0, 0.05) is 13.1 Å². The fourth-order valence-electron chi connectivity index (χ4n) is 2.36. The number of H-pyrrole nitrogens is 1. The Balaban J connectivity index is 1.81. The number of fused-ring (bicyclic) bond motifs is 1. The number of aromatic nitrogens is 1. The molecule has 0 aliphatic carbocycles. The van der Waals surface area contributed by atoms with E-state index in [4.69, 9.17) is 4.42 Å². The summed E-state index contributed by atoms with van der Waals surface area (Å²) in [6.45, 7) is 1.73. The summed E-state index contributed by atoms with van der Waals surface area (Å²) in [5, 5.41) is 0. The average molecular weight is 246 g/mol. The molecule has 94 valence electrons. The first-order chi connectivity index (χ1) is 8.72. The van der Waals surface area contributed by atoms with Crippen LogP contribution in [0.3, 0.4) is 0 Å². The first-order valence-corrected chi connectivity index (χ1v) is 6.12. The van der Waals surface area contributed by atoms with E-state index in [-0.39, 0.29) is 5.91 Å². The summed E-state index contributed by atoms with van der Waals surface area (Å²) < 4.78 is 4.92. The molecule has 3 rings (SSSR count). The number of carbonyl (C=O) groups excluding carboxylic acids is 1. The average Bonchev–Trinajstić information content (AvgIpc) is 2.95. The molecule has 2 aromatic rings. The molecular weight excluding hydrogens is 232 g/mol. The van der Waals surface area contributed by atoms with Crippen molar-refractivity contribution in [3.05, 3.63) is 34.3 Å². The van der Waals surface area contributed by atoms with Crippen molar-refractivity contribution >= 4 is 17.0 Å². The van der Waals surface area contributed by atoms with E-state index in [0.29, 0.717) is 17.5 Å². The van der Waals surface area contributed by atoms with Crippen molar-refractivity contribution in [1.29, 1.82) is 0 Å². The molecule has 1 aromatic carbocycles. The Hall–Kier alpha value is -2.04. The van der Waals surface area contributed by atoms with Crippen LogP contribution in [-0.4, -0.2) is 28.9 Å². The van der Waals surface area contributed by atoms with Gasteiger partial charge in [-0.25, -0.2) is 4.79 Å². The van der Waals surface area contributed by atoms with E-state index < -0.39 is 5.76 Å². The fourth-order valence-corrected chi connectivity index (χ4v) is 2.36. The molecule has 1 fully saturated rings. The third kappa shape index (κ3) is 2.03. The number of likely N-dealkylation sites (tertiary alicyclic amines) is 1. The van der Waals surface area contributed by atoms with Crippen molar-refractivity contribution in [2.24, 2.45) is 0 Å². The second-order valence-corrected chi connectivity index (χ2v) is 4.61. The van der Waals surface area contributed by atoms with Gasteiger partial charge in [-0.1, -0.05) is 6.07 Å². The third-order valence-electron chi connectivity index (χ3n) is 3.30. The van der Waals surface area contributed by atoms with Crippen LogP contribution < -0.4 is 5.76 Å². The minimum atomic E-state index is -0.465. The highest BCUT2D eigenvalue weighted by molar-refractivity contribution is 5.81. The maximum atomic E-state index is 12.0. The number of hydrogen-bond donors (Lipinski definition) is 1. The van der Waals surface area contributed by atoms with Crippen molar-refractivity contribution in [1.82, 2.24) is 9.88 Å². The number of rotatable bonds is 2. The largest absolute Gasteiger partial charge is 0.417 e. The molecule has 2 heterocycles. The summed E-state index contributed by atoms with van der Waals surface area (Å²) in [5.41, 5.74) is 2.07. The summed E-state index contributed by atoms with van der Waals surface area (Å²) >= 11 is 0. The molecule has 0 saturated carbocycles. The first-order valence-electron chi connectivity index (χ1n) is 6.12. The molecule has 0 unspecified atom stereocenters. The minimum absolute atomic E-state index is 0.151. The van der Waals surface area contributed by atoms with E-state index >= 15 is 0 Å². The zero-order valence-electron chi connectivity index (χ0n) is 9.94. The lowest BCUT2D eigenvalue weighted by atomic mass is 10.1. The van der Waals surface area contributed by atoms with Gasteiger partial charge < -0.3 is 9.32 Å². The SMILES string of the molecule is O=C(Cc1ccc2oc(=O)[nH]c2c1)N1CCCC1. The number of oxazole rings is 1. The van der Waals surface area contributed by atoms with E-state index in [1.165, 1.54) is 0 Å². The topological polar surface area (TPSA) is 66.3 Å². The quantitative estimate of drug-likeness (QED) is 0.868. The Morgan fingerprint density at radius 3 is 2.89 bits per heavy atom. The Labute approximate surface area is 103 Å². The number of nitrogens with zero attached hydrogens (tertiary/aromatic N) is 1. The third-order valence-corrected chi connectivity index (χ3v) is 3.30. The van der Waals surface area contributed by atoms with Crippen LogP contribution in [-0.2, 0) is 11.2 Å². The number of carbonyl (C=O) groups is 1. The van der Waals surface area contributed by atoms with Crippen molar-refractivity contribution in [3.8, 4) is 0 Å². The molecule has 0 radical (unpaired) electrons. The van der Waals surface area contributed by atoms with Crippen LogP contribution in [0.5, 0.6) is 0 Å². The predicted octanol–water partition coefficient (Wildman–Crippen LogP) is 1.29. The molecule has 1 saturated heterocycles. The lowest BCUT2D eigenvalue weighted by molar-refractivity contribution is -0.129. The summed E-state index contributed by atoms with van der Waals surface area (Å²) in [6.07, 6.45) is 2.57. The number of nitrogens with one attached hydrogen (secondary N) is 1. The standard InChI is InChI=1S/C13H14N2O3/c16-12(15-5-1-2-6-15)8-9-3-4-11-10(7-9)14-13(17)18-11/h3-4,7H,1-2,5-6,8H2,(H,14,17). The normalized spacial score (nSPS) is 15.4. The molecule has 0 bridgehead atoms. The van der Waals surface area contributed by atoms with Gasteiger partial charge in [0.2, 0.25) is 5.91 Å². The van der Waals surface area contributed by atoms with Gasteiger partial charge in [0.15, 0.2) is 5.58 Å². The van der Waals surface area contributed by atoms with E-state index in [1.807, 2.05) is 11.0 Å². The van der Waals surface area contributed by atoms with Crippen molar-refractivity contribution in [3.63, 3.8) is 0 Å². The van der Waals surface area contributed by atoms with Gasteiger partial charge in [0.05, 0.1) is 11.9 Å². The molecule has 5 heteroatoms. The minimum Gasteiger partial charge on any atom is -0.408 e. The van der Waals surface area contributed by atoms with Crippen LogP contribution in [0.25, 0.3) is 11.1 Å². The number of benzene rings is 1.